The lowest BCUT2D eigenvalue weighted by molar-refractivity contribution is 0.632. The van der Waals surface area contributed by atoms with Gasteiger partial charge in [0.15, 0.2) is 0 Å². The molecule has 1 aliphatic rings. The molecule has 2 N–H and O–H groups in total. The minimum atomic E-state index is 0. The van der Waals surface area contributed by atoms with E-state index in [4.69, 9.17) is 5.26 Å². The molecule has 1 aromatic rings. The first-order valence-electron chi connectivity index (χ1n) is 5.22. The number of pyridine rings is 1. The Bertz CT molecular complexity index is 368. The molecule has 0 aliphatic carbocycles. The van der Waals surface area contributed by atoms with Gasteiger partial charge in [-0.05, 0) is 31.5 Å². The van der Waals surface area contributed by atoms with Crippen molar-refractivity contribution in [2.45, 2.75) is 18.9 Å². The Labute approximate surface area is 101 Å². The Morgan fingerprint density at radius 1 is 1.62 bits per heavy atom. The van der Waals surface area contributed by atoms with Gasteiger partial charge in [-0.15, -0.1) is 12.4 Å². The Morgan fingerprint density at radius 2 is 2.50 bits per heavy atom. The number of nitrogens with zero attached hydrogens (tertiary/aromatic N) is 2. The average molecular weight is 239 g/mol. The van der Waals surface area contributed by atoms with Crippen molar-refractivity contribution < 1.29 is 0 Å². The number of aromatic nitrogens is 1. The molecule has 0 radical (unpaired) electrons. The molecule has 0 bridgehead atoms. The maximum atomic E-state index is 8.72. The zero-order chi connectivity index (χ0) is 10.5. The summed E-state index contributed by atoms with van der Waals surface area (Å²) < 4.78 is 0. The molecule has 1 aromatic heterocycles. The van der Waals surface area contributed by atoms with Gasteiger partial charge in [0, 0.05) is 18.8 Å². The zero-order valence-electron chi connectivity index (χ0n) is 8.94. The van der Waals surface area contributed by atoms with E-state index in [2.05, 4.69) is 21.7 Å². The number of hydrogen-bond acceptors (Lipinski definition) is 4. The van der Waals surface area contributed by atoms with Crippen molar-refractivity contribution in [3.05, 3.63) is 23.9 Å². The fourth-order valence-electron chi connectivity index (χ4n) is 1.76. The van der Waals surface area contributed by atoms with Crippen LogP contribution >= 0.6 is 12.4 Å². The van der Waals surface area contributed by atoms with Crippen LogP contribution in [0.5, 0.6) is 0 Å². The first-order valence-corrected chi connectivity index (χ1v) is 5.22. The van der Waals surface area contributed by atoms with Crippen LogP contribution in [-0.4, -0.2) is 24.1 Å². The number of halogens is 1. The van der Waals surface area contributed by atoms with E-state index in [1.807, 2.05) is 0 Å². The van der Waals surface area contributed by atoms with E-state index in [9.17, 15) is 0 Å². The van der Waals surface area contributed by atoms with E-state index in [0.717, 1.165) is 18.9 Å². The van der Waals surface area contributed by atoms with E-state index >= 15 is 0 Å². The van der Waals surface area contributed by atoms with Gasteiger partial charge in [0.05, 0.1) is 11.6 Å². The standard InChI is InChI=1S/C11H14N4.ClH/c12-7-9-3-5-14-11(6-9)15-8-10-2-1-4-13-10;/h3,5-6,10,13H,1-2,4,8H2,(H,14,15);1H. The van der Waals surface area contributed by atoms with Crippen molar-refractivity contribution in [3.8, 4) is 6.07 Å². The molecule has 4 nitrogen and oxygen atoms in total. The Balaban J connectivity index is 0.00000128. The van der Waals surface area contributed by atoms with Crippen LogP contribution < -0.4 is 10.6 Å². The number of nitriles is 1. The van der Waals surface area contributed by atoms with Crippen LogP contribution in [0.25, 0.3) is 0 Å². The van der Waals surface area contributed by atoms with Gasteiger partial charge in [-0.25, -0.2) is 4.98 Å². The summed E-state index contributed by atoms with van der Waals surface area (Å²) in [5.74, 6) is 0.780. The molecule has 0 amide bonds. The molecule has 1 aliphatic heterocycles. The molecule has 0 spiro atoms. The molecule has 1 fully saturated rings. The average Bonchev–Trinajstić information content (AvgIpc) is 2.79. The summed E-state index contributed by atoms with van der Waals surface area (Å²) >= 11 is 0. The van der Waals surface area contributed by atoms with Crippen molar-refractivity contribution in [1.29, 1.82) is 5.26 Å². The maximum Gasteiger partial charge on any atom is 0.127 e. The fourth-order valence-corrected chi connectivity index (χ4v) is 1.76. The van der Waals surface area contributed by atoms with Crippen LogP contribution in [0.1, 0.15) is 18.4 Å². The lowest BCUT2D eigenvalue weighted by atomic mass is 10.2. The maximum absolute atomic E-state index is 8.72. The summed E-state index contributed by atoms with van der Waals surface area (Å²) in [6, 6.07) is 6.12. The monoisotopic (exact) mass is 238 g/mol. The fraction of sp³-hybridized carbons (Fsp3) is 0.455. The lowest BCUT2D eigenvalue weighted by Gasteiger charge is -2.11. The second-order valence-electron chi connectivity index (χ2n) is 3.72. The molecule has 2 rings (SSSR count). The van der Waals surface area contributed by atoms with Crippen LogP contribution in [0.3, 0.4) is 0 Å². The van der Waals surface area contributed by atoms with Gasteiger partial charge in [0.2, 0.25) is 0 Å². The number of anilines is 1. The zero-order valence-corrected chi connectivity index (χ0v) is 9.76. The predicted molar refractivity (Wildman–Crippen MR) is 65.7 cm³/mol. The van der Waals surface area contributed by atoms with Gasteiger partial charge in [0.1, 0.15) is 5.82 Å². The molecule has 0 aromatic carbocycles. The second-order valence-corrected chi connectivity index (χ2v) is 3.72. The summed E-state index contributed by atoms with van der Waals surface area (Å²) in [6.45, 7) is 1.99. The highest BCUT2D eigenvalue weighted by atomic mass is 35.5. The van der Waals surface area contributed by atoms with E-state index in [1.165, 1.54) is 12.8 Å². The molecular weight excluding hydrogens is 224 g/mol. The molecule has 5 heteroatoms. The number of nitrogens with one attached hydrogen (secondary N) is 2. The van der Waals surface area contributed by atoms with Gasteiger partial charge in [-0.1, -0.05) is 0 Å². The Morgan fingerprint density at radius 3 is 3.19 bits per heavy atom. The van der Waals surface area contributed by atoms with Crippen LogP contribution in [0, 0.1) is 11.3 Å². The number of hydrogen-bond donors (Lipinski definition) is 2. The molecule has 1 saturated heterocycles. The summed E-state index contributed by atoms with van der Waals surface area (Å²) in [7, 11) is 0. The largest absolute Gasteiger partial charge is 0.368 e. The molecule has 1 atom stereocenters. The molecule has 1 unspecified atom stereocenters. The quantitative estimate of drug-likeness (QED) is 0.839. The highest BCUT2D eigenvalue weighted by Crippen LogP contribution is 2.08. The van der Waals surface area contributed by atoms with Gasteiger partial charge < -0.3 is 10.6 Å². The van der Waals surface area contributed by atoms with Crippen LogP contribution in [0.15, 0.2) is 18.3 Å². The minimum Gasteiger partial charge on any atom is -0.368 e. The molecule has 86 valence electrons. The highest BCUT2D eigenvalue weighted by molar-refractivity contribution is 5.85. The first-order chi connectivity index (χ1) is 7.38. The minimum absolute atomic E-state index is 0. The van der Waals surface area contributed by atoms with Crippen molar-refractivity contribution >= 4 is 18.2 Å². The highest BCUT2D eigenvalue weighted by Gasteiger charge is 2.13. The Kier molecular flexibility index (Phi) is 5.03. The van der Waals surface area contributed by atoms with E-state index in [1.54, 1.807) is 18.3 Å². The molecular formula is C11H15ClN4. The third-order valence-electron chi connectivity index (χ3n) is 2.58. The normalized spacial score (nSPS) is 18.6. The van der Waals surface area contributed by atoms with Gasteiger partial charge in [0.25, 0.3) is 0 Å². The van der Waals surface area contributed by atoms with Gasteiger partial charge in [-0.2, -0.15) is 5.26 Å². The summed E-state index contributed by atoms with van der Waals surface area (Å²) in [5, 5.41) is 15.4. The van der Waals surface area contributed by atoms with Crippen LogP contribution in [0.2, 0.25) is 0 Å². The molecule has 0 saturated carbocycles. The van der Waals surface area contributed by atoms with E-state index in [0.29, 0.717) is 11.6 Å². The van der Waals surface area contributed by atoms with Crippen LogP contribution in [0.4, 0.5) is 5.82 Å². The van der Waals surface area contributed by atoms with E-state index in [-0.39, 0.29) is 12.4 Å². The third-order valence-corrected chi connectivity index (χ3v) is 2.58. The summed E-state index contributed by atoms with van der Waals surface area (Å²) in [5.41, 5.74) is 0.645. The van der Waals surface area contributed by atoms with Crippen molar-refractivity contribution in [2.24, 2.45) is 0 Å². The molecule has 2 heterocycles. The smallest absolute Gasteiger partial charge is 0.127 e. The second kappa shape index (κ2) is 6.31. The lowest BCUT2D eigenvalue weighted by Crippen LogP contribution is -2.29. The first kappa shape index (κ1) is 12.8. The van der Waals surface area contributed by atoms with Gasteiger partial charge >= 0.3 is 0 Å². The van der Waals surface area contributed by atoms with Crippen LogP contribution in [-0.2, 0) is 0 Å². The Hall–Kier alpha value is -1.31. The topological polar surface area (TPSA) is 60.7 Å². The third kappa shape index (κ3) is 3.37. The van der Waals surface area contributed by atoms with Gasteiger partial charge in [-0.3, -0.25) is 0 Å². The number of rotatable bonds is 3. The SMILES string of the molecule is Cl.N#Cc1ccnc(NCC2CCCN2)c1. The van der Waals surface area contributed by atoms with Crippen molar-refractivity contribution in [2.75, 3.05) is 18.4 Å². The van der Waals surface area contributed by atoms with E-state index < -0.39 is 0 Å². The summed E-state index contributed by atoms with van der Waals surface area (Å²) in [4.78, 5) is 4.16. The summed E-state index contributed by atoms with van der Waals surface area (Å²) in [6.07, 6.45) is 4.12. The van der Waals surface area contributed by atoms with Crippen molar-refractivity contribution in [1.82, 2.24) is 10.3 Å². The predicted octanol–water partition coefficient (Wildman–Crippen LogP) is 1.54. The van der Waals surface area contributed by atoms with Crippen molar-refractivity contribution in [3.63, 3.8) is 0 Å². The molecule has 16 heavy (non-hydrogen) atoms.